The zero-order chi connectivity index (χ0) is 8.27. The molecule has 0 fully saturated rings. The first-order valence-electron chi connectivity index (χ1n) is 2.80. The van der Waals surface area contributed by atoms with E-state index in [2.05, 4.69) is 17.6 Å². The Labute approximate surface area is 74.3 Å². The van der Waals surface area contributed by atoms with Crippen molar-refractivity contribution < 1.29 is 4.79 Å². The van der Waals surface area contributed by atoms with Crippen molar-refractivity contribution in [1.29, 1.82) is 0 Å². The molecule has 0 radical (unpaired) electrons. The SMILES string of the molecule is O=C=Nc1cc(Cl)ccc1S. The van der Waals surface area contributed by atoms with E-state index in [9.17, 15) is 4.79 Å². The zero-order valence-corrected chi connectivity index (χ0v) is 7.06. The molecule has 0 aliphatic carbocycles. The summed E-state index contributed by atoms with van der Waals surface area (Å²) in [7, 11) is 0. The molecule has 0 aliphatic rings. The van der Waals surface area contributed by atoms with E-state index in [1.165, 1.54) is 6.08 Å². The monoisotopic (exact) mass is 185 g/mol. The van der Waals surface area contributed by atoms with E-state index in [0.717, 1.165) is 0 Å². The van der Waals surface area contributed by atoms with Gasteiger partial charge in [-0.05, 0) is 18.2 Å². The molecule has 0 aromatic heterocycles. The summed E-state index contributed by atoms with van der Waals surface area (Å²) in [6.45, 7) is 0. The summed E-state index contributed by atoms with van der Waals surface area (Å²) in [5.74, 6) is 0. The Balaban J connectivity index is 3.22. The first-order chi connectivity index (χ1) is 5.24. The van der Waals surface area contributed by atoms with Gasteiger partial charge in [0.25, 0.3) is 0 Å². The number of isocyanates is 1. The van der Waals surface area contributed by atoms with E-state index in [1.807, 2.05) is 0 Å². The first kappa shape index (κ1) is 8.34. The second-order valence-electron chi connectivity index (χ2n) is 1.84. The Kier molecular flexibility index (Phi) is 2.71. The number of thiol groups is 1. The van der Waals surface area contributed by atoms with Gasteiger partial charge >= 0.3 is 0 Å². The molecule has 0 N–H and O–H groups in total. The molecule has 2 nitrogen and oxygen atoms in total. The lowest BCUT2D eigenvalue weighted by Gasteiger charge is -1.95. The molecule has 0 saturated carbocycles. The van der Waals surface area contributed by atoms with Crippen LogP contribution in [0.4, 0.5) is 5.69 Å². The second kappa shape index (κ2) is 3.58. The van der Waals surface area contributed by atoms with Gasteiger partial charge in [-0.3, -0.25) is 0 Å². The molecule has 0 spiro atoms. The van der Waals surface area contributed by atoms with E-state index >= 15 is 0 Å². The molecule has 1 rings (SSSR count). The Bertz CT molecular complexity index is 320. The fourth-order valence-corrected chi connectivity index (χ4v) is 0.991. The minimum absolute atomic E-state index is 0.441. The molecule has 1 aromatic carbocycles. The molecule has 0 aliphatic heterocycles. The number of aliphatic imine (C=N–C) groups is 1. The van der Waals surface area contributed by atoms with E-state index in [0.29, 0.717) is 15.6 Å². The number of hydrogen-bond acceptors (Lipinski definition) is 3. The van der Waals surface area contributed by atoms with Crippen LogP contribution in [-0.4, -0.2) is 6.08 Å². The third-order valence-electron chi connectivity index (χ3n) is 1.10. The van der Waals surface area contributed by atoms with Gasteiger partial charge in [0.15, 0.2) is 0 Å². The van der Waals surface area contributed by atoms with Crippen molar-refractivity contribution in [2.75, 3.05) is 0 Å². The molecule has 0 amide bonds. The number of halogens is 1. The summed E-state index contributed by atoms with van der Waals surface area (Å²) in [6, 6.07) is 4.89. The molecule has 4 heteroatoms. The van der Waals surface area contributed by atoms with E-state index in [1.54, 1.807) is 18.2 Å². The number of rotatable bonds is 1. The van der Waals surface area contributed by atoms with E-state index in [-0.39, 0.29) is 0 Å². The van der Waals surface area contributed by atoms with Gasteiger partial charge in [0.1, 0.15) is 0 Å². The third kappa shape index (κ3) is 2.09. The molecule has 0 bridgehead atoms. The molecular weight excluding hydrogens is 182 g/mol. The quantitative estimate of drug-likeness (QED) is 0.407. The lowest BCUT2D eigenvalue weighted by Crippen LogP contribution is -1.69. The summed E-state index contributed by atoms with van der Waals surface area (Å²) in [4.78, 5) is 13.9. The van der Waals surface area contributed by atoms with Gasteiger partial charge in [0, 0.05) is 9.92 Å². The number of hydrogen-bond donors (Lipinski definition) is 1. The summed E-state index contributed by atoms with van der Waals surface area (Å²) in [5, 5.41) is 0.525. The van der Waals surface area contributed by atoms with Crippen LogP contribution in [0.1, 0.15) is 0 Å². The van der Waals surface area contributed by atoms with Gasteiger partial charge < -0.3 is 0 Å². The van der Waals surface area contributed by atoms with E-state index < -0.39 is 0 Å². The van der Waals surface area contributed by atoms with Gasteiger partial charge in [-0.1, -0.05) is 11.6 Å². The normalized spacial score (nSPS) is 8.91. The minimum Gasteiger partial charge on any atom is -0.211 e. The van der Waals surface area contributed by atoms with Crippen LogP contribution in [0.15, 0.2) is 28.1 Å². The highest BCUT2D eigenvalue weighted by Crippen LogP contribution is 2.25. The minimum atomic E-state index is 0.441. The summed E-state index contributed by atoms with van der Waals surface area (Å²) in [6.07, 6.45) is 1.42. The van der Waals surface area contributed by atoms with Gasteiger partial charge in [0.2, 0.25) is 6.08 Å². The molecule has 0 heterocycles. The fraction of sp³-hybridized carbons (Fsp3) is 0. The van der Waals surface area contributed by atoms with Crippen LogP contribution in [0.2, 0.25) is 5.02 Å². The van der Waals surface area contributed by atoms with Crippen LogP contribution >= 0.6 is 24.2 Å². The lowest BCUT2D eigenvalue weighted by molar-refractivity contribution is 0.565. The molecule has 56 valence electrons. The number of carbonyl (C=O) groups excluding carboxylic acids is 1. The summed E-state index contributed by atoms with van der Waals surface area (Å²) >= 11 is 9.68. The standard InChI is InChI=1S/C7H4ClNOS/c8-5-1-2-7(11)6(3-5)9-4-10/h1-3,11H. The maximum atomic E-state index is 9.87. The number of nitrogens with zero attached hydrogens (tertiary/aromatic N) is 1. The molecule has 0 saturated heterocycles. The van der Waals surface area contributed by atoms with Crippen LogP contribution in [0.25, 0.3) is 0 Å². The van der Waals surface area contributed by atoms with Crippen molar-refractivity contribution in [3.05, 3.63) is 23.2 Å². The van der Waals surface area contributed by atoms with Crippen LogP contribution in [0.3, 0.4) is 0 Å². The van der Waals surface area contributed by atoms with Gasteiger partial charge in [-0.15, -0.1) is 12.6 Å². The average Bonchev–Trinajstić information content (AvgIpc) is 1.98. The Morgan fingerprint density at radius 2 is 2.27 bits per heavy atom. The Hall–Kier alpha value is -0.760. The molecule has 1 aromatic rings. The lowest BCUT2D eigenvalue weighted by atomic mass is 10.3. The van der Waals surface area contributed by atoms with Crippen molar-refractivity contribution in [3.63, 3.8) is 0 Å². The molecule has 0 atom stereocenters. The highest BCUT2D eigenvalue weighted by atomic mass is 35.5. The third-order valence-corrected chi connectivity index (χ3v) is 1.72. The molecular formula is C7H4ClNOS. The van der Waals surface area contributed by atoms with Crippen LogP contribution in [0.5, 0.6) is 0 Å². The zero-order valence-electron chi connectivity index (χ0n) is 5.41. The second-order valence-corrected chi connectivity index (χ2v) is 2.75. The van der Waals surface area contributed by atoms with Crippen LogP contribution in [0, 0.1) is 0 Å². The van der Waals surface area contributed by atoms with Gasteiger partial charge in [-0.2, -0.15) is 4.99 Å². The molecule has 0 unspecified atom stereocenters. The predicted octanol–water partition coefficient (Wildman–Crippen LogP) is 2.60. The highest BCUT2D eigenvalue weighted by molar-refractivity contribution is 7.80. The van der Waals surface area contributed by atoms with Crippen molar-refractivity contribution in [3.8, 4) is 0 Å². The fourth-order valence-electron chi connectivity index (χ4n) is 0.635. The molecule has 11 heavy (non-hydrogen) atoms. The van der Waals surface area contributed by atoms with Crippen molar-refractivity contribution in [2.24, 2.45) is 4.99 Å². The van der Waals surface area contributed by atoms with E-state index in [4.69, 9.17) is 11.6 Å². The van der Waals surface area contributed by atoms with Crippen LogP contribution < -0.4 is 0 Å². The van der Waals surface area contributed by atoms with Crippen LogP contribution in [-0.2, 0) is 4.79 Å². The topological polar surface area (TPSA) is 29.4 Å². The van der Waals surface area contributed by atoms with Gasteiger partial charge in [0.05, 0.1) is 5.69 Å². The smallest absolute Gasteiger partial charge is 0.211 e. The highest BCUT2D eigenvalue weighted by Gasteiger charge is 1.96. The number of benzene rings is 1. The summed E-state index contributed by atoms with van der Waals surface area (Å²) < 4.78 is 0. The maximum absolute atomic E-state index is 9.87. The summed E-state index contributed by atoms with van der Waals surface area (Å²) in [5.41, 5.74) is 0.441. The predicted molar refractivity (Wildman–Crippen MR) is 46.5 cm³/mol. The van der Waals surface area contributed by atoms with Crippen molar-refractivity contribution in [1.82, 2.24) is 0 Å². The average molecular weight is 186 g/mol. The largest absolute Gasteiger partial charge is 0.240 e. The Morgan fingerprint density at radius 1 is 1.55 bits per heavy atom. The first-order valence-corrected chi connectivity index (χ1v) is 3.63. The van der Waals surface area contributed by atoms with Crippen molar-refractivity contribution in [2.45, 2.75) is 4.90 Å². The van der Waals surface area contributed by atoms with Crippen molar-refractivity contribution >= 4 is 36.0 Å². The van der Waals surface area contributed by atoms with Gasteiger partial charge in [-0.25, -0.2) is 4.79 Å². The Morgan fingerprint density at radius 3 is 2.91 bits per heavy atom. The maximum Gasteiger partial charge on any atom is 0.240 e.